The van der Waals surface area contributed by atoms with E-state index in [1.54, 1.807) is 0 Å². The number of anilines is 1. The van der Waals surface area contributed by atoms with Gasteiger partial charge in [-0.15, -0.1) is 0 Å². The van der Waals surface area contributed by atoms with Crippen molar-refractivity contribution in [2.45, 2.75) is 25.4 Å². The molecule has 6 rings (SSSR count). The number of benzene rings is 4. The van der Waals surface area contributed by atoms with Crippen LogP contribution in [0.5, 0.6) is 5.75 Å². The first-order valence-electron chi connectivity index (χ1n) is 12.6. The largest absolute Gasteiger partial charge is 0.472 e. The molecular formula is C32H31NO2. The third-order valence-electron chi connectivity index (χ3n) is 7.32. The molecule has 0 radical (unpaired) electrons. The van der Waals surface area contributed by atoms with Crippen LogP contribution in [-0.4, -0.2) is 26.3 Å². The molecular weight excluding hydrogens is 430 g/mol. The van der Waals surface area contributed by atoms with E-state index in [4.69, 9.17) is 9.47 Å². The predicted molar refractivity (Wildman–Crippen MR) is 144 cm³/mol. The predicted octanol–water partition coefficient (Wildman–Crippen LogP) is 7.15. The molecule has 4 aromatic rings. The summed E-state index contributed by atoms with van der Waals surface area (Å²) in [5.41, 5.74) is 5.29. The van der Waals surface area contributed by atoms with E-state index in [-0.39, 0.29) is 0 Å². The van der Waals surface area contributed by atoms with Crippen LogP contribution in [0.15, 0.2) is 91.0 Å². The van der Waals surface area contributed by atoms with E-state index < -0.39 is 5.60 Å². The third-order valence-corrected chi connectivity index (χ3v) is 7.32. The Bertz CT molecular complexity index is 1370. The molecule has 1 saturated heterocycles. The molecule has 2 aliphatic rings. The lowest BCUT2D eigenvalue weighted by Crippen LogP contribution is -2.37. The Morgan fingerprint density at radius 2 is 1.49 bits per heavy atom. The molecule has 0 bridgehead atoms. The Kier molecular flexibility index (Phi) is 5.58. The maximum atomic E-state index is 7.16. The second-order valence-corrected chi connectivity index (χ2v) is 9.77. The summed E-state index contributed by atoms with van der Waals surface area (Å²) in [6.45, 7) is 7.92. The molecule has 1 atom stereocenters. The van der Waals surface area contributed by atoms with E-state index in [0.717, 1.165) is 48.6 Å². The molecule has 0 N–H and O–H groups in total. The first kappa shape index (κ1) is 21.9. The normalized spacial score (nSPS) is 19.6. The van der Waals surface area contributed by atoms with Crippen molar-refractivity contribution in [3.05, 3.63) is 113 Å². The van der Waals surface area contributed by atoms with Gasteiger partial charge in [-0.05, 0) is 35.1 Å². The van der Waals surface area contributed by atoms with Gasteiger partial charge in [-0.25, -0.2) is 0 Å². The summed E-state index contributed by atoms with van der Waals surface area (Å²) in [5.74, 6) is 1.37. The lowest BCUT2D eigenvalue weighted by atomic mass is 9.81. The molecule has 2 heterocycles. The van der Waals surface area contributed by atoms with E-state index in [2.05, 4.69) is 116 Å². The van der Waals surface area contributed by atoms with Crippen molar-refractivity contribution < 1.29 is 9.47 Å². The van der Waals surface area contributed by atoms with Gasteiger partial charge in [0.1, 0.15) is 5.75 Å². The minimum Gasteiger partial charge on any atom is -0.472 e. The van der Waals surface area contributed by atoms with Crippen LogP contribution < -0.4 is 9.64 Å². The van der Waals surface area contributed by atoms with Crippen molar-refractivity contribution in [3.8, 4) is 5.75 Å². The molecule has 0 saturated carbocycles. The Morgan fingerprint density at radius 3 is 2.23 bits per heavy atom. The summed E-state index contributed by atoms with van der Waals surface area (Å²) in [6.07, 6.45) is 4.53. The van der Waals surface area contributed by atoms with E-state index >= 15 is 0 Å². The van der Waals surface area contributed by atoms with Crippen LogP contribution in [0.25, 0.3) is 16.8 Å². The van der Waals surface area contributed by atoms with Crippen molar-refractivity contribution >= 4 is 22.5 Å². The van der Waals surface area contributed by atoms with Gasteiger partial charge in [0, 0.05) is 40.9 Å². The average molecular weight is 462 g/mol. The van der Waals surface area contributed by atoms with Gasteiger partial charge in [-0.1, -0.05) is 92.7 Å². The van der Waals surface area contributed by atoms with Gasteiger partial charge in [-0.2, -0.15) is 0 Å². The van der Waals surface area contributed by atoms with Gasteiger partial charge in [0.25, 0.3) is 0 Å². The summed E-state index contributed by atoms with van der Waals surface area (Å²) in [5, 5.41) is 2.37. The van der Waals surface area contributed by atoms with Crippen molar-refractivity contribution in [2.75, 3.05) is 31.2 Å². The summed E-state index contributed by atoms with van der Waals surface area (Å²) in [6, 6.07) is 30.4. The first-order chi connectivity index (χ1) is 17.2. The molecule has 4 aromatic carbocycles. The van der Waals surface area contributed by atoms with Gasteiger partial charge in [0.15, 0.2) is 5.60 Å². The van der Waals surface area contributed by atoms with Gasteiger partial charge >= 0.3 is 0 Å². The standard InChI is InChI=1S/C32H31NO2/c1-23(2)30-22-24-8-6-7-11-28(24)31-29(30)16-17-32(35-31,25-9-4-3-5-10-25)26-12-14-27(15-13-26)33-18-20-34-21-19-33/h3-17,22-23H,18-21H2,1-2H3. The summed E-state index contributed by atoms with van der Waals surface area (Å²) < 4.78 is 12.7. The average Bonchev–Trinajstić information content (AvgIpc) is 2.93. The number of hydrogen-bond acceptors (Lipinski definition) is 3. The zero-order valence-electron chi connectivity index (χ0n) is 20.4. The number of hydrogen-bond donors (Lipinski definition) is 0. The molecule has 1 fully saturated rings. The fourth-order valence-corrected chi connectivity index (χ4v) is 5.41. The van der Waals surface area contributed by atoms with Crippen LogP contribution in [0.3, 0.4) is 0 Å². The lowest BCUT2D eigenvalue weighted by Gasteiger charge is -2.38. The monoisotopic (exact) mass is 461 g/mol. The van der Waals surface area contributed by atoms with Crippen LogP contribution in [0, 0.1) is 0 Å². The second kappa shape index (κ2) is 8.90. The minimum atomic E-state index is -0.698. The van der Waals surface area contributed by atoms with Crippen LogP contribution >= 0.6 is 0 Å². The number of rotatable bonds is 4. The molecule has 0 spiro atoms. The highest BCUT2D eigenvalue weighted by atomic mass is 16.5. The molecule has 35 heavy (non-hydrogen) atoms. The Hall–Kier alpha value is -3.56. The highest BCUT2D eigenvalue weighted by Gasteiger charge is 2.38. The maximum Gasteiger partial charge on any atom is 0.178 e. The van der Waals surface area contributed by atoms with Crippen molar-refractivity contribution in [1.82, 2.24) is 0 Å². The number of nitrogens with zero attached hydrogens (tertiary/aromatic N) is 1. The molecule has 176 valence electrons. The van der Waals surface area contributed by atoms with Crippen LogP contribution in [0.1, 0.15) is 42.0 Å². The Morgan fingerprint density at radius 1 is 0.800 bits per heavy atom. The molecule has 1 unspecified atom stereocenters. The van der Waals surface area contributed by atoms with Gasteiger partial charge in [0.2, 0.25) is 0 Å². The zero-order chi connectivity index (χ0) is 23.8. The topological polar surface area (TPSA) is 21.7 Å². The van der Waals surface area contributed by atoms with E-state index in [9.17, 15) is 0 Å². The van der Waals surface area contributed by atoms with Crippen molar-refractivity contribution in [3.63, 3.8) is 0 Å². The second-order valence-electron chi connectivity index (χ2n) is 9.77. The Labute approximate surface area is 207 Å². The van der Waals surface area contributed by atoms with Crippen LogP contribution in [-0.2, 0) is 10.3 Å². The summed E-state index contributed by atoms with van der Waals surface area (Å²) in [7, 11) is 0. The molecule has 0 aromatic heterocycles. The first-order valence-corrected chi connectivity index (χ1v) is 12.6. The molecule has 2 aliphatic heterocycles. The van der Waals surface area contributed by atoms with Crippen LogP contribution in [0.4, 0.5) is 5.69 Å². The molecule has 0 amide bonds. The third kappa shape index (κ3) is 3.81. The van der Waals surface area contributed by atoms with E-state index in [1.807, 2.05) is 0 Å². The van der Waals surface area contributed by atoms with E-state index in [0.29, 0.717) is 5.92 Å². The minimum absolute atomic E-state index is 0.402. The highest BCUT2D eigenvalue weighted by Crippen LogP contribution is 2.47. The summed E-state index contributed by atoms with van der Waals surface area (Å²) in [4.78, 5) is 2.39. The maximum absolute atomic E-state index is 7.16. The molecule has 3 heteroatoms. The lowest BCUT2D eigenvalue weighted by molar-refractivity contribution is 0.122. The van der Waals surface area contributed by atoms with Gasteiger partial charge < -0.3 is 14.4 Å². The van der Waals surface area contributed by atoms with Gasteiger partial charge in [0.05, 0.1) is 13.2 Å². The smallest absolute Gasteiger partial charge is 0.178 e. The van der Waals surface area contributed by atoms with E-state index in [1.165, 1.54) is 22.2 Å². The fraction of sp³-hybridized carbons (Fsp3) is 0.250. The quantitative estimate of drug-likeness (QED) is 0.322. The number of ether oxygens (including phenoxy) is 2. The molecule has 3 nitrogen and oxygen atoms in total. The fourth-order valence-electron chi connectivity index (χ4n) is 5.41. The number of fused-ring (bicyclic) bond motifs is 3. The van der Waals surface area contributed by atoms with Crippen LogP contribution in [0.2, 0.25) is 0 Å². The van der Waals surface area contributed by atoms with Crippen molar-refractivity contribution in [2.24, 2.45) is 0 Å². The highest BCUT2D eigenvalue weighted by molar-refractivity contribution is 5.94. The Balaban J connectivity index is 1.51. The van der Waals surface area contributed by atoms with Crippen molar-refractivity contribution in [1.29, 1.82) is 0 Å². The SMILES string of the molecule is CC(C)c1cc2ccccc2c2c1C=CC(c1ccccc1)(c1ccc(N3CCOCC3)cc1)O2. The molecule has 0 aliphatic carbocycles. The summed E-state index contributed by atoms with van der Waals surface area (Å²) >= 11 is 0. The number of morpholine rings is 1. The zero-order valence-corrected chi connectivity index (χ0v) is 20.4. The van der Waals surface area contributed by atoms with Gasteiger partial charge in [-0.3, -0.25) is 0 Å².